The zero-order valence-electron chi connectivity index (χ0n) is 15.6. The van der Waals surface area contributed by atoms with E-state index in [-0.39, 0.29) is 18.1 Å². The van der Waals surface area contributed by atoms with Gasteiger partial charge in [-0.05, 0) is 40.6 Å². The highest BCUT2D eigenvalue weighted by Gasteiger charge is 2.24. The minimum atomic E-state index is -0.300. The fraction of sp³-hybridized carbons (Fsp3) is 0.130. The molecular weight excluding hydrogens is 385 g/mol. The van der Waals surface area contributed by atoms with Crippen LogP contribution in [0.5, 0.6) is 0 Å². The van der Waals surface area contributed by atoms with Crippen molar-refractivity contribution in [1.29, 1.82) is 0 Å². The SMILES string of the molecule is O=C(Cc1cccc2ccccc12)Nc1c2c(nn1-c1ccc(F)cc1)CSC2. The third-order valence-electron chi connectivity index (χ3n) is 5.11. The highest BCUT2D eigenvalue weighted by Crippen LogP contribution is 2.36. The van der Waals surface area contributed by atoms with Crippen LogP contribution < -0.4 is 5.32 Å². The normalized spacial score (nSPS) is 12.9. The van der Waals surface area contributed by atoms with Gasteiger partial charge in [-0.3, -0.25) is 4.79 Å². The van der Waals surface area contributed by atoms with Gasteiger partial charge in [0.25, 0.3) is 0 Å². The second-order valence-corrected chi connectivity index (χ2v) is 8.00. The maximum Gasteiger partial charge on any atom is 0.229 e. The molecule has 0 saturated heterocycles. The lowest BCUT2D eigenvalue weighted by molar-refractivity contribution is -0.115. The second-order valence-electron chi connectivity index (χ2n) is 7.02. The standard InChI is InChI=1S/C23H18FN3OS/c24-17-8-10-18(11-9-17)27-23(20-13-29-14-21(20)26-27)25-22(28)12-16-6-3-5-15-4-1-2-7-19(15)16/h1-11H,12-14H2,(H,25,28). The summed E-state index contributed by atoms with van der Waals surface area (Å²) in [6, 6.07) is 20.2. The Hall–Kier alpha value is -3.12. The molecule has 4 aromatic rings. The lowest BCUT2D eigenvalue weighted by Gasteiger charge is -2.12. The van der Waals surface area contributed by atoms with E-state index >= 15 is 0 Å². The van der Waals surface area contributed by atoms with E-state index < -0.39 is 0 Å². The Morgan fingerprint density at radius 1 is 1.03 bits per heavy atom. The quantitative estimate of drug-likeness (QED) is 0.516. The number of benzene rings is 3. The highest BCUT2D eigenvalue weighted by molar-refractivity contribution is 7.98. The van der Waals surface area contributed by atoms with E-state index in [9.17, 15) is 9.18 Å². The van der Waals surface area contributed by atoms with Gasteiger partial charge in [0.2, 0.25) is 5.91 Å². The van der Waals surface area contributed by atoms with Crippen LogP contribution in [0, 0.1) is 5.82 Å². The molecule has 0 unspecified atom stereocenters. The van der Waals surface area contributed by atoms with Gasteiger partial charge in [0.05, 0.1) is 17.8 Å². The molecular formula is C23H18FN3OS. The predicted molar refractivity (Wildman–Crippen MR) is 115 cm³/mol. The summed E-state index contributed by atoms with van der Waals surface area (Å²) in [5, 5.41) is 9.93. The van der Waals surface area contributed by atoms with Crippen LogP contribution in [0.3, 0.4) is 0 Å². The molecule has 0 fully saturated rings. The van der Waals surface area contributed by atoms with E-state index in [2.05, 4.69) is 10.4 Å². The van der Waals surface area contributed by atoms with Gasteiger partial charge in [-0.2, -0.15) is 16.9 Å². The summed E-state index contributed by atoms with van der Waals surface area (Å²) in [6.45, 7) is 0. The summed E-state index contributed by atoms with van der Waals surface area (Å²) < 4.78 is 15.1. The summed E-state index contributed by atoms with van der Waals surface area (Å²) in [7, 11) is 0. The van der Waals surface area contributed by atoms with Crippen molar-refractivity contribution in [2.24, 2.45) is 0 Å². The average molecular weight is 403 g/mol. The minimum Gasteiger partial charge on any atom is -0.310 e. The van der Waals surface area contributed by atoms with E-state index in [0.717, 1.165) is 44.8 Å². The number of nitrogens with zero attached hydrogens (tertiary/aromatic N) is 2. The fourth-order valence-corrected chi connectivity index (χ4v) is 4.74. The molecule has 1 aliphatic rings. The van der Waals surface area contributed by atoms with Gasteiger partial charge in [0, 0.05) is 17.1 Å². The topological polar surface area (TPSA) is 46.9 Å². The van der Waals surface area contributed by atoms with Crippen molar-refractivity contribution in [3.05, 3.63) is 89.4 Å². The lowest BCUT2D eigenvalue weighted by Crippen LogP contribution is -2.18. The largest absolute Gasteiger partial charge is 0.310 e. The van der Waals surface area contributed by atoms with Crippen molar-refractivity contribution in [2.75, 3.05) is 5.32 Å². The molecule has 1 amide bonds. The maximum atomic E-state index is 13.3. The van der Waals surface area contributed by atoms with Crippen molar-refractivity contribution < 1.29 is 9.18 Å². The molecule has 144 valence electrons. The summed E-state index contributed by atoms with van der Waals surface area (Å²) in [4.78, 5) is 12.9. The van der Waals surface area contributed by atoms with Crippen molar-refractivity contribution in [1.82, 2.24) is 9.78 Å². The van der Waals surface area contributed by atoms with Gasteiger partial charge in [-0.1, -0.05) is 42.5 Å². The number of halogens is 1. The molecule has 2 heterocycles. The average Bonchev–Trinajstić information content (AvgIpc) is 3.32. The summed E-state index contributed by atoms with van der Waals surface area (Å²) in [5.41, 5.74) is 3.73. The van der Waals surface area contributed by atoms with Gasteiger partial charge < -0.3 is 5.32 Å². The second kappa shape index (κ2) is 7.37. The summed E-state index contributed by atoms with van der Waals surface area (Å²) >= 11 is 1.78. The minimum absolute atomic E-state index is 0.0932. The first-order chi connectivity index (χ1) is 14.2. The molecule has 0 saturated carbocycles. The van der Waals surface area contributed by atoms with E-state index in [0.29, 0.717) is 5.82 Å². The maximum absolute atomic E-state index is 13.3. The predicted octanol–water partition coefficient (Wildman–Crippen LogP) is 5.09. The van der Waals surface area contributed by atoms with Gasteiger partial charge in [-0.25, -0.2) is 9.07 Å². The van der Waals surface area contributed by atoms with E-state index in [1.807, 2.05) is 42.5 Å². The number of thioether (sulfide) groups is 1. The Bertz CT molecular complexity index is 1210. The molecule has 4 nitrogen and oxygen atoms in total. The van der Waals surface area contributed by atoms with E-state index in [1.54, 1.807) is 28.6 Å². The fourth-order valence-electron chi connectivity index (χ4n) is 3.71. The molecule has 1 aliphatic heterocycles. The van der Waals surface area contributed by atoms with Crippen LogP contribution in [-0.2, 0) is 22.7 Å². The van der Waals surface area contributed by atoms with Crippen LogP contribution in [0.15, 0.2) is 66.7 Å². The number of aromatic nitrogens is 2. The molecule has 0 bridgehead atoms. The number of fused-ring (bicyclic) bond motifs is 2. The van der Waals surface area contributed by atoms with Gasteiger partial charge in [0.15, 0.2) is 0 Å². The molecule has 1 N–H and O–H groups in total. The number of rotatable bonds is 4. The van der Waals surface area contributed by atoms with Crippen LogP contribution >= 0.6 is 11.8 Å². The monoisotopic (exact) mass is 403 g/mol. The van der Waals surface area contributed by atoms with Crippen LogP contribution in [0.1, 0.15) is 16.8 Å². The highest BCUT2D eigenvalue weighted by atomic mass is 32.2. The van der Waals surface area contributed by atoms with E-state index in [1.165, 1.54) is 12.1 Å². The number of nitrogens with one attached hydrogen (secondary N) is 1. The van der Waals surface area contributed by atoms with Crippen molar-refractivity contribution >= 4 is 34.3 Å². The van der Waals surface area contributed by atoms with Gasteiger partial charge >= 0.3 is 0 Å². The smallest absolute Gasteiger partial charge is 0.229 e. The van der Waals surface area contributed by atoms with Gasteiger partial charge in [-0.15, -0.1) is 0 Å². The number of carbonyl (C=O) groups is 1. The third-order valence-corrected chi connectivity index (χ3v) is 6.08. The van der Waals surface area contributed by atoms with Crippen molar-refractivity contribution in [2.45, 2.75) is 17.9 Å². The molecule has 0 spiro atoms. The first kappa shape index (κ1) is 17.9. The van der Waals surface area contributed by atoms with Crippen LogP contribution in [0.25, 0.3) is 16.5 Å². The van der Waals surface area contributed by atoms with Crippen molar-refractivity contribution in [3.63, 3.8) is 0 Å². The number of carbonyl (C=O) groups excluding carboxylic acids is 1. The Kier molecular flexibility index (Phi) is 4.56. The zero-order valence-corrected chi connectivity index (χ0v) is 16.4. The lowest BCUT2D eigenvalue weighted by atomic mass is 10.0. The number of hydrogen-bond acceptors (Lipinski definition) is 3. The van der Waals surface area contributed by atoms with Crippen LogP contribution in [-0.4, -0.2) is 15.7 Å². The molecule has 0 radical (unpaired) electrons. The third kappa shape index (κ3) is 3.40. The first-order valence-corrected chi connectivity index (χ1v) is 10.6. The number of hydrogen-bond donors (Lipinski definition) is 1. The Morgan fingerprint density at radius 2 is 1.83 bits per heavy atom. The molecule has 5 rings (SSSR count). The van der Waals surface area contributed by atoms with Crippen LogP contribution in [0.2, 0.25) is 0 Å². The molecule has 1 aromatic heterocycles. The molecule has 29 heavy (non-hydrogen) atoms. The molecule has 6 heteroatoms. The Morgan fingerprint density at radius 3 is 2.69 bits per heavy atom. The van der Waals surface area contributed by atoms with Gasteiger partial charge in [0.1, 0.15) is 11.6 Å². The van der Waals surface area contributed by atoms with Crippen molar-refractivity contribution in [3.8, 4) is 5.69 Å². The van der Waals surface area contributed by atoms with E-state index in [4.69, 9.17) is 0 Å². The first-order valence-electron chi connectivity index (χ1n) is 9.40. The Labute approximate surface area is 171 Å². The zero-order chi connectivity index (χ0) is 19.8. The summed E-state index contributed by atoms with van der Waals surface area (Å²) in [6.07, 6.45) is 0.276. The summed E-state index contributed by atoms with van der Waals surface area (Å²) in [5.74, 6) is 1.91. The van der Waals surface area contributed by atoms with Crippen LogP contribution in [0.4, 0.5) is 10.2 Å². The number of amides is 1. The Balaban J connectivity index is 1.47. The molecule has 3 aromatic carbocycles. The molecule has 0 aliphatic carbocycles. The molecule has 0 atom stereocenters. The number of anilines is 1.